The van der Waals surface area contributed by atoms with E-state index >= 15 is 0 Å². The predicted molar refractivity (Wildman–Crippen MR) is 71.4 cm³/mol. The van der Waals surface area contributed by atoms with E-state index in [1.165, 1.54) is 0 Å². The van der Waals surface area contributed by atoms with Crippen molar-refractivity contribution in [3.05, 3.63) is 47.8 Å². The first-order valence-electron chi connectivity index (χ1n) is 6.00. The van der Waals surface area contributed by atoms with Gasteiger partial charge in [-0.3, -0.25) is 9.48 Å². The van der Waals surface area contributed by atoms with Gasteiger partial charge in [0, 0.05) is 31.0 Å². The summed E-state index contributed by atoms with van der Waals surface area (Å²) in [7, 11) is 0. The monoisotopic (exact) mass is 243 g/mol. The van der Waals surface area contributed by atoms with Crippen LogP contribution in [0.25, 0.3) is 0 Å². The van der Waals surface area contributed by atoms with Crippen LogP contribution >= 0.6 is 0 Å². The van der Waals surface area contributed by atoms with E-state index < -0.39 is 0 Å². The molecule has 4 heteroatoms. The molecule has 2 aromatic rings. The number of nitrogens with one attached hydrogen (secondary N) is 1. The molecule has 1 heterocycles. The Morgan fingerprint density at radius 1 is 1.28 bits per heavy atom. The van der Waals surface area contributed by atoms with Gasteiger partial charge < -0.3 is 5.32 Å². The zero-order valence-corrected chi connectivity index (χ0v) is 10.7. The van der Waals surface area contributed by atoms with Crippen LogP contribution in [-0.4, -0.2) is 15.7 Å². The van der Waals surface area contributed by atoms with Crippen LogP contribution in [0.3, 0.4) is 0 Å². The summed E-state index contributed by atoms with van der Waals surface area (Å²) in [4.78, 5) is 11.9. The maximum absolute atomic E-state index is 11.9. The number of amides is 1. The quantitative estimate of drug-likeness (QED) is 0.897. The normalized spacial score (nSPS) is 10.3. The number of nitrogens with zero attached hydrogens (tertiary/aromatic N) is 2. The highest BCUT2D eigenvalue weighted by Gasteiger charge is 2.07. The van der Waals surface area contributed by atoms with Crippen LogP contribution in [0.2, 0.25) is 0 Å². The van der Waals surface area contributed by atoms with Crippen LogP contribution in [0.4, 0.5) is 5.69 Å². The summed E-state index contributed by atoms with van der Waals surface area (Å²) in [6.07, 6.45) is 3.99. The second kappa shape index (κ2) is 5.49. The molecule has 1 amide bonds. The smallest absolute Gasteiger partial charge is 0.226 e. The Morgan fingerprint density at radius 3 is 2.61 bits per heavy atom. The molecule has 18 heavy (non-hydrogen) atoms. The predicted octanol–water partition coefficient (Wildman–Crippen LogP) is 2.53. The lowest BCUT2D eigenvalue weighted by Gasteiger charge is -2.11. The van der Waals surface area contributed by atoms with E-state index in [4.69, 9.17) is 0 Å². The number of carbonyl (C=O) groups excluding carboxylic acids is 1. The minimum Gasteiger partial charge on any atom is -0.326 e. The highest BCUT2D eigenvalue weighted by molar-refractivity contribution is 5.92. The van der Waals surface area contributed by atoms with E-state index in [9.17, 15) is 4.79 Å². The summed E-state index contributed by atoms with van der Waals surface area (Å²) < 4.78 is 1.75. The fourth-order valence-electron chi connectivity index (χ4n) is 1.86. The van der Waals surface area contributed by atoms with Gasteiger partial charge in [-0.05, 0) is 31.0 Å². The molecule has 1 aromatic carbocycles. The molecule has 94 valence electrons. The SMILES string of the molecule is Cc1cccc(C)c1NC(=O)CCn1cccn1. The van der Waals surface area contributed by atoms with Crippen LogP contribution in [-0.2, 0) is 11.3 Å². The number of carbonyl (C=O) groups is 1. The van der Waals surface area contributed by atoms with Crippen molar-refractivity contribution in [1.29, 1.82) is 0 Å². The topological polar surface area (TPSA) is 46.9 Å². The molecule has 0 unspecified atom stereocenters. The van der Waals surface area contributed by atoms with Gasteiger partial charge in [0.15, 0.2) is 0 Å². The van der Waals surface area contributed by atoms with Crippen molar-refractivity contribution in [2.24, 2.45) is 0 Å². The molecule has 0 radical (unpaired) electrons. The van der Waals surface area contributed by atoms with E-state index in [1.54, 1.807) is 10.9 Å². The molecule has 0 bridgehead atoms. The summed E-state index contributed by atoms with van der Waals surface area (Å²) in [5, 5.41) is 7.03. The second-order valence-corrected chi connectivity index (χ2v) is 4.33. The molecule has 2 rings (SSSR count). The highest BCUT2D eigenvalue weighted by Crippen LogP contribution is 2.19. The van der Waals surface area contributed by atoms with Crippen LogP contribution in [0.1, 0.15) is 17.5 Å². The molecule has 4 nitrogen and oxygen atoms in total. The van der Waals surface area contributed by atoms with Crippen LogP contribution in [0.5, 0.6) is 0 Å². The molecule has 0 saturated heterocycles. The Bertz CT molecular complexity index is 512. The maximum Gasteiger partial charge on any atom is 0.226 e. The van der Waals surface area contributed by atoms with Gasteiger partial charge in [-0.1, -0.05) is 18.2 Å². The molecular formula is C14H17N3O. The van der Waals surface area contributed by atoms with E-state index in [0.717, 1.165) is 16.8 Å². The average Bonchev–Trinajstić information content (AvgIpc) is 2.84. The van der Waals surface area contributed by atoms with Gasteiger partial charge in [0.1, 0.15) is 0 Å². The molecule has 0 aliphatic rings. The van der Waals surface area contributed by atoms with Crippen molar-refractivity contribution in [2.75, 3.05) is 5.32 Å². The second-order valence-electron chi connectivity index (χ2n) is 4.33. The van der Waals surface area contributed by atoms with Crippen molar-refractivity contribution in [1.82, 2.24) is 9.78 Å². The van der Waals surface area contributed by atoms with Gasteiger partial charge in [-0.2, -0.15) is 5.10 Å². The zero-order chi connectivity index (χ0) is 13.0. The molecule has 0 spiro atoms. The first-order valence-corrected chi connectivity index (χ1v) is 6.00. The third-order valence-corrected chi connectivity index (χ3v) is 2.87. The largest absolute Gasteiger partial charge is 0.326 e. The fourth-order valence-corrected chi connectivity index (χ4v) is 1.86. The van der Waals surface area contributed by atoms with Crippen molar-refractivity contribution in [2.45, 2.75) is 26.8 Å². The fraction of sp³-hybridized carbons (Fsp3) is 0.286. The van der Waals surface area contributed by atoms with Crippen molar-refractivity contribution in [3.63, 3.8) is 0 Å². The summed E-state index contributed by atoms with van der Waals surface area (Å²) in [6, 6.07) is 7.83. The minimum absolute atomic E-state index is 0.0166. The number of anilines is 1. The number of aromatic nitrogens is 2. The summed E-state index contributed by atoms with van der Waals surface area (Å²) in [5.74, 6) is 0.0166. The van der Waals surface area contributed by atoms with Gasteiger partial charge in [0.05, 0.1) is 0 Å². The lowest BCUT2D eigenvalue weighted by atomic mass is 10.1. The van der Waals surface area contributed by atoms with Gasteiger partial charge in [-0.15, -0.1) is 0 Å². The molecule has 0 fully saturated rings. The summed E-state index contributed by atoms with van der Waals surface area (Å²) in [5.41, 5.74) is 3.09. The molecule has 0 aliphatic carbocycles. The maximum atomic E-state index is 11.9. The first-order chi connectivity index (χ1) is 8.66. The van der Waals surface area contributed by atoms with Crippen molar-refractivity contribution >= 4 is 11.6 Å². The van der Waals surface area contributed by atoms with Gasteiger partial charge >= 0.3 is 0 Å². The number of aryl methyl sites for hydroxylation is 3. The Labute approximate surface area is 107 Å². The van der Waals surface area contributed by atoms with Gasteiger partial charge in [0.2, 0.25) is 5.91 Å². The standard InChI is InChI=1S/C14H17N3O/c1-11-5-3-6-12(2)14(11)16-13(18)7-10-17-9-4-8-15-17/h3-6,8-9H,7,10H2,1-2H3,(H,16,18). The first kappa shape index (κ1) is 12.4. The van der Waals surface area contributed by atoms with Gasteiger partial charge in [-0.25, -0.2) is 0 Å². The highest BCUT2D eigenvalue weighted by atomic mass is 16.1. The van der Waals surface area contributed by atoms with Crippen molar-refractivity contribution in [3.8, 4) is 0 Å². The Balaban J connectivity index is 1.95. The van der Waals surface area contributed by atoms with E-state index in [1.807, 2.05) is 44.3 Å². The molecule has 1 N–H and O–H groups in total. The Kier molecular flexibility index (Phi) is 3.77. The number of hydrogen-bond donors (Lipinski definition) is 1. The Hall–Kier alpha value is -2.10. The number of para-hydroxylation sites is 1. The van der Waals surface area contributed by atoms with Crippen LogP contribution < -0.4 is 5.32 Å². The van der Waals surface area contributed by atoms with Crippen molar-refractivity contribution < 1.29 is 4.79 Å². The lowest BCUT2D eigenvalue weighted by Crippen LogP contribution is -2.16. The third kappa shape index (κ3) is 2.97. The molecule has 1 aromatic heterocycles. The average molecular weight is 243 g/mol. The number of hydrogen-bond acceptors (Lipinski definition) is 2. The summed E-state index contributed by atoms with van der Waals surface area (Å²) >= 11 is 0. The summed E-state index contributed by atoms with van der Waals surface area (Å²) in [6.45, 7) is 4.59. The molecule has 0 aliphatic heterocycles. The van der Waals surface area contributed by atoms with Crippen LogP contribution in [0, 0.1) is 13.8 Å². The third-order valence-electron chi connectivity index (χ3n) is 2.87. The number of rotatable bonds is 4. The molecular weight excluding hydrogens is 226 g/mol. The molecule has 0 saturated carbocycles. The lowest BCUT2D eigenvalue weighted by molar-refractivity contribution is -0.116. The Morgan fingerprint density at radius 2 is 2.00 bits per heavy atom. The van der Waals surface area contributed by atoms with E-state index in [-0.39, 0.29) is 5.91 Å². The van der Waals surface area contributed by atoms with E-state index in [2.05, 4.69) is 10.4 Å². The van der Waals surface area contributed by atoms with E-state index in [0.29, 0.717) is 13.0 Å². The van der Waals surface area contributed by atoms with Gasteiger partial charge in [0.25, 0.3) is 0 Å². The molecule has 0 atom stereocenters. The zero-order valence-electron chi connectivity index (χ0n) is 10.7. The van der Waals surface area contributed by atoms with Crippen LogP contribution in [0.15, 0.2) is 36.7 Å². The minimum atomic E-state index is 0.0166. The number of benzene rings is 1.